The molecule has 0 spiro atoms. The normalized spacial score (nSPS) is 21.1. The van der Waals surface area contributed by atoms with Crippen LogP contribution in [0.4, 0.5) is 22.7 Å². The summed E-state index contributed by atoms with van der Waals surface area (Å²) in [4.78, 5) is 16.4. The summed E-state index contributed by atoms with van der Waals surface area (Å²) in [6.45, 7) is 6.85. The van der Waals surface area contributed by atoms with Gasteiger partial charge in [-0.3, -0.25) is 9.52 Å². The summed E-state index contributed by atoms with van der Waals surface area (Å²) in [5.41, 5.74) is 4.32. The molecular weight excluding hydrogens is 428 g/mol. The average Bonchev–Trinajstić information content (AvgIpc) is 2.74. The summed E-state index contributed by atoms with van der Waals surface area (Å²) in [6.07, 6.45) is 1.84. The number of anilines is 4. The molecular formula is C23H30N4O4S. The van der Waals surface area contributed by atoms with E-state index in [0.29, 0.717) is 12.1 Å². The zero-order valence-corrected chi connectivity index (χ0v) is 19.5. The zero-order chi connectivity index (χ0) is 22.9. The van der Waals surface area contributed by atoms with Gasteiger partial charge in [-0.2, -0.15) is 0 Å². The summed E-state index contributed by atoms with van der Waals surface area (Å²) in [5.74, 6) is -0.0316. The van der Waals surface area contributed by atoms with E-state index in [9.17, 15) is 13.2 Å². The SMILES string of the molecule is CC(=O)N1c2ccc(NS(C)(=O)=O)cc2C(Nc2ccc(N3CCOCC3)cc2)CC1C. The Bertz CT molecular complexity index is 1080. The highest BCUT2D eigenvalue weighted by Crippen LogP contribution is 2.40. The maximum Gasteiger partial charge on any atom is 0.229 e. The molecule has 1 amide bonds. The molecule has 0 aromatic heterocycles. The number of sulfonamides is 1. The maximum atomic E-state index is 12.3. The number of rotatable bonds is 5. The Labute approximate surface area is 189 Å². The van der Waals surface area contributed by atoms with Crippen molar-refractivity contribution in [3.63, 3.8) is 0 Å². The van der Waals surface area contributed by atoms with Crippen molar-refractivity contribution in [3.05, 3.63) is 48.0 Å². The van der Waals surface area contributed by atoms with E-state index < -0.39 is 10.0 Å². The van der Waals surface area contributed by atoms with Gasteiger partial charge in [0.05, 0.1) is 25.5 Å². The smallest absolute Gasteiger partial charge is 0.229 e. The topological polar surface area (TPSA) is 91.0 Å². The molecule has 2 unspecified atom stereocenters. The van der Waals surface area contributed by atoms with Crippen molar-refractivity contribution < 1.29 is 17.9 Å². The molecule has 9 heteroatoms. The first-order chi connectivity index (χ1) is 15.2. The van der Waals surface area contributed by atoms with Gasteiger partial charge in [0.25, 0.3) is 0 Å². The van der Waals surface area contributed by atoms with Crippen LogP contribution in [0.15, 0.2) is 42.5 Å². The second kappa shape index (κ2) is 8.99. The largest absolute Gasteiger partial charge is 0.378 e. The van der Waals surface area contributed by atoms with Crippen molar-refractivity contribution in [2.24, 2.45) is 0 Å². The van der Waals surface area contributed by atoms with Crippen LogP contribution in [0.25, 0.3) is 0 Å². The lowest BCUT2D eigenvalue weighted by atomic mass is 9.91. The molecule has 2 heterocycles. The van der Waals surface area contributed by atoms with E-state index in [0.717, 1.165) is 49.5 Å². The van der Waals surface area contributed by atoms with Crippen LogP contribution in [-0.2, 0) is 19.6 Å². The Kier molecular flexibility index (Phi) is 6.30. The van der Waals surface area contributed by atoms with Gasteiger partial charge in [0, 0.05) is 54.4 Å². The monoisotopic (exact) mass is 458 g/mol. The number of morpholine rings is 1. The zero-order valence-electron chi connectivity index (χ0n) is 18.7. The number of ether oxygens (including phenoxy) is 1. The van der Waals surface area contributed by atoms with Gasteiger partial charge in [0.15, 0.2) is 0 Å². The molecule has 1 fully saturated rings. The van der Waals surface area contributed by atoms with E-state index in [1.807, 2.05) is 19.1 Å². The minimum Gasteiger partial charge on any atom is -0.378 e. The van der Waals surface area contributed by atoms with Crippen LogP contribution in [0.5, 0.6) is 0 Å². The van der Waals surface area contributed by atoms with Crippen molar-refractivity contribution in [3.8, 4) is 0 Å². The van der Waals surface area contributed by atoms with Gasteiger partial charge in [-0.25, -0.2) is 8.42 Å². The van der Waals surface area contributed by atoms with Gasteiger partial charge in [0.2, 0.25) is 15.9 Å². The van der Waals surface area contributed by atoms with E-state index in [4.69, 9.17) is 4.74 Å². The third-order valence-electron chi connectivity index (χ3n) is 5.91. The number of fused-ring (bicyclic) bond motifs is 1. The van der Waals surface area contributed by atoms with Gasteiger partial charge in [-0.15, -0.1) is 0 Å². The first kappa shape index (κ1) is 22.4. The van der Waals surface area contributed by atoms with Gasteiger partial charge in [-0.05, 0) is 55.8 Å². The molecule has 0 bridgehead atoms. The van der Waals surface area contributed by atoms with Crippen LogP contribution in [0.1, 0.15) is 31.9 Å². The van der Waals surface area contributed by atoms with Crippen LogP contribution < -0.4 is 19.8 Å². The Balaban J connectivity index is 1.61. The molecule has 2 aliphatic rings. The number of hydrogen-bond donors (Lipinski definition) is 2. The van der Waals surface area contributed by atoms with Gasteiger partial charge in [-0.1, -0.05) is 0 Å². The van der Waals surface area contributed by atoms with Crippen LogP contribution in [-0.4, -0.2) is 52.9 Å². The van der Waals surface area contributed by atoms with Crippen LogP contribution >= 0.6 is 0 Å². The Hall–Kier alpha value is -2.78. The van der Waals surface area contributed by atoms with Crippen molar-refractivity contribution >= 4 is 38.7 Å². The molecule has 4 rings (SSSR count). The molecule has 2 aliphatic heterocycles. The van der Waals surface area contributed by atoms with Crippen LogP contribution in [0.3, 0.4) is 0 Å². The number of nitrogens with zero attached hydrogens (tertiary/aromatic N) is 2. The number of benzene rings is 2. The summed E-state index contributed by atoms with van der Waals surface area (Å²) in [5, 5.41) is 3.59. The first-order valence-electron chi connectivity index (χ1n) is 10.8. The van der Waals surface area contributed by atoms with E-state index in [1.54, 1.807) is 17.9 Å². The minimum absolute atomic E-state index is 0.0128. The molecule has 0 aliphatic carbocycles. The highest BCUT2D eigenvalue weighted by Gasteiger charge is 2.32. The fourth-order valence-corrected chi connectivity index (χ4v) is 5.10. The van der Waals surface area contributed by atoms with Crippen molar-refractivity contribution in [2.75, 3.05) is 52.4 Å². The fraction of sp³-hybridized carbons (Fsp3) is 0.435. The summed E-state index contributed by atoms with van der Waals surface area (Å²) >= 11 is 0. The fourth-order valence-electron chi connectivity index (χ4n) is 4.55. The number of amides is 1. The summed E-state index contributed by atoms with van der Waals surface area (Å²) < 4.78 is 31.4. The molecule has 32 heavy (non-hydrogen) atoms. The molecule has 2 aromatic carbocycles. The quantitative estimate of drug-likeness (QED) is 0.715. The first-order valence-corrected chi connectivity index (χ1v) is 12.7. The Morgan fingerprint density at radius 1 is 1.06 bits per heavy atom. The van der Waals surface area contributed by atoms with E-state index in [1.165, 1.54) is 5.69 Å². The Morgan fingerprint density at radius 3 is 2.34 bits per heavy atom. The number of carbonyl (C=O) groups is 1. The summed E-state index contributed by atoms with van der Waals surface area (Å²) in [6, 6.07) is 13.6. The number of hydrogen-bond acceptors (Lipinski definition) is 6. The molecule has 8 nitrogen and oxygen atoms in total. The van der Waals surface area contributed by atoms with Gasteiger partial charge < -0.3 is 19.9 Å². The highest BCUT2D eigenvalue weighted by molar-refractivity contribution is 7.92. The Morgan fingerprint density at radius 2 is 1.72 bits per heavy atom. The molecule has 1 saturated heterocycles. The van der Waals surface area contributed by atoms with Crippen LogP contribution in [0.2, 0.25) is 0 Å². The minimum atomic E-state index is -3.40. The van der Waals surface area contributed by atoms with Crippen molar-refractivity contribution in [1.29, 1.82) is 0 Å². The maximum absolute atomic E-state index is 12.3. The average molecular weight is 459 g/mol. The second-order valence-corrected chi connectivity index (χ2v) is 10.2. The number of nitrogens with one attached hydrogen (secondary N) is 2. The third-order valence-corrected chi connectivity index (χ3v) is 6.51. The second-order valence-electron chi connectivity index (χ2n) is 8.46. The van der Waals surface area contributed by atoms with Gasteiger partial charge >= 0.3 is 0 Å². The lowest BCUT2D eigenvalue weighted by Crippen LogP contribution is -2.43. The third kappa shape index (κ3) is 4.99. The predicted molar refractivity (Wildman–Crippen MR) is 128 cm³/mol. The lowest BCUT2D eigenvalue weighted by Gasteiger charge is -2.39. The van der Waals surface area contributed by atoms with E-state index >= 15 is 0 Å². The number of carbonyl (C=O) groups excluding carboxylic acids is 1. The van der Waals surface area contributed by atoms with E-state index in [2.05, 4.69) is 39.2 Å². The van der Waals surface area contributed by atoms with Crippen molar-refractivity contribution in [1.82, 2.24) is 0 Å². The lowest BCUT2D eigenvalue weighted by molar-refractivity contribution is -0.117. The highest BCUT2D eigenvalue weighted by atomic mass is 32.2. The van der Waals surface area contributed by atoms with E-state index in [-0.39, 0.29) is 18.0 Å². The van der Waals surface area contributed by atoms with Crippen molar-refractivity contribution in [2.45, 2.75) is 32.4 Å². The molecule has 172 valence electrons. The molecule has 2 N–H and O–H groups in total. The summed E-state index contributed by atoms with van der Waals surface area (Å²) in [7, 11) is -3.40. The van der Waals surface area contributed by atoms with Crippen LogP contribution in [0, 0.1) is 0 Å². The molecule has 0 radical (unpaired) electrons. The van der Waals surface area contributed by atoms with Gasteiger partial charge in [0.1, 0.15) is 0 Å². The predicted octanol–water partition coefficient (Wildman–Crippen LogP) is 3.19. The standard InChI is InChI=1S/C23H30N4O4S/c1-16-14-22(24-18-4-7-20(8-5-18)26-10-12-31-13-11-26)21-15-19(25-32(3,29)30)6-9-23(21)27(16)17(2)28/h4-9,15-16,22,24-25H,10-14H2,1-3H3. The molecule has 0 saturated carbocycles. The molecule has 2 aromatic rings. The molecule has 2 atom stereocenters.